The number of aromatic nitrogens is 3. The second-order valence-electron chi connectivity index (χ2n) is 12.2. The number of nitrogens with one attached hydrogen (secondary N) is 2. The lowest BCUT2D eigenvalue weighted by Gasteiger charge is -2.41. The van der Waals surface area contributed by atoms with Gasteiger partial charge in [-0.05, 0) is 58.4 Å². The van der Waals surface area contributed by atoms with Gasteiger partial charge in [-0.1, -0.05) is 43.3 Å². The average molecular weight is 533 g/mol. The zero-order valence-corrected chi connectivity index (χ0v) is 23.6. The minimum Gasteiger partial charge on any atom is -0.444 e. The van der Waals surface area contributed by atoms with Gasteiger partial charge in [0.15, 0.2) is 11.6 Å². The first-order chi connectivity index (χ1) is 18.2. The van der Waals surface area contributed by atoms with E-state index in [4.69, 9.17) is 9.26 Å². The van der Waals surface area contributed by atoms with Crippen LogP contribution in [-0.4, -0.2) is 32.5 Å². The van der Waals surface area contributed by atoms with Gasteiger partial charge in [0.05, 0.1) is 6.42 Å². The van der Waals surface area contributed by atoms with Gasteiger partial charge in [0.2, 0.25) is 5.91 Å². The molecule has 0 bridgehead atoms. The minimum atomic E-state index is -0.686. The van der Waals surface area contributed by atoms with Gasteiger partial charge < -0.3 is 14.6 Å². The van der Waals surface area contributed by atoms with Crippen molar-refractivity contribution < 1.29 is 18.8 Å². The summed E-state index contributed by atoms with van der Waals surface area (Å²) in [6, 6.07) is 11.1. The molecule has 1 saturated carbocycles. The fourth-order valence-electron chi connectivity index (χ4n) is 4.81. The van der Waals surface area contributed by atoms with E-state index in [1.165, 1.54) is 0 Å². The third-order valence-corrected chi connectivity index (χ3v) is 6.52. The lowest BCUT2D eigenvalue weighted by atomic mass is 9.64. The highest BCUT2D eigenvalue weighted by molar-refractivity contribution is 5.91. The molecule has 206 valence electrons. The molecule has 0 saturated heterocycles. The summed E-state index contributed by atoms with van der Waals surface area (Å²) in [7, 11) is 0. The Bertz CT molecular complexity index is 1390. The first kappa shape index (κ1) is 27.9. The number of ether oxygens (including phenoxy) is 1. The highest BCUT2D eigenvalue weighted by Crippen LogP contribution is 2.50. The van der Waals surface area contributed by atoms with Crippen molar-refractivity contribution in [2.24, 2.45) is 5.41 Å². The molecule has 2 heterocycles. The second kappa shape index (κ2) is 10.6. The molecule has 3 aromatic rings. The molecular formula is C29H36N6O4. The fourth-order valence-corrected chi connectivity index (χ4v) is 4.81. The maximum Gasteiger partial charge on any atom is 0.413 e. The van der Waals surface area contributed by atoms with E-state index in [0.29, 0.717) is 28.4 Å². The number of benzene rings is 1. The van der Waals surface area contributed by atoms with E-state index in [1.807, 2.05) is 26.0 Å². The number of carbonyl (C=O) groups excluding carboxylic acids is 2. The minimum absolute atomic E-state index is 0.119. The number of nitrogens with zero attached hydrogens (tertiary/aromatic N) is 4. The van der Waals surface area contributed by atoms with E-state index in [2.05, 4.69) is 40.8 Å². The highest BCUT2D eigenvalue weighted by atomic mass is 16.6. The van der Waals surface area contributed by atoms with Gasteiger partial charge in [0.1, 0.15) is 28.7 Å². The van der Waals surface area contributed by atoms with Crippen molar-refractivity contribution >= 4 is 23.6 Å². The number of anilines is 2. The summed E-state index contributed by atoms with van der Waals surface area (Å²) in [6.45, 7) is 13.6. The van der Waals surface area contributed by atoms with E-state index in [9.17, 15) is 14.9 Å². The van der Waals surface area contributed by atoms with Crippen LogP contribution in [0.5, 0.6) is 0 Å². The Hall–Kier alpha value is -4.13. The molecule has 10 nitrogen and oxygen atoms in total. The Morgan fingerprint density at radius 2 is 1.87 bits per heavy atom. The maximum absolute atomic E-state index is 12.6. The average Bonchev–Trinajstić information content (AvgIpc) is 3.41. The van der Waals surface area contributed by atoms with Crippen LogP contribution in [0.2, 0.25) is 0 Å². The molecule has 10 heteroatoms. The molecular weight excluding hydrogens is 496 g/mol. The third-order valence-electron chi connectivity index (χ3n) is 6.52. The van der Waals surface area contributed by atoms with Gasteiger partial charge in [-0.3, -0.25) is 10.1 Å². The molecule has 1 aliphatic carbocycles. The monoisotopic (exact) mass is 532 g/mol. The molecule has 4 rings (SSSR count). The van der Waals surface area contributed by atoms with E-state index >= 15 is 0 Å². The summed E-state index contributed by atoms with van der Waals surface area (Å²) >= 11 is 0. The quantitative estimate of drug-likeness (QED) is 0.358. The predicted octanol–water partition coefficient (Wildman–Crippen LogP) is 6.42. The molecule has 1 aliphatic rings. The lowest BCUT2D eigenvalue weighted by Crippen LogP contribution is -2.29. The molecule has 0 radical (unpaired) electrons. The molecule has 2 N–H and O–H groups in total. The predicted molar refractivity (Wildman–Crippen MR) is 147 cm³/mol. The lowest BCUT2D eigenvalue weighted by molar-refractivity contribution is -0.115. The van der Waals surface area contributed by atoms with Crippen LogP contribution in [0.25, 0.3) is 11.3 Å². The zero-order chi connectivity index (χ0) is 28.5. The van der Waals surface area contributed by atoms with Gasteiger partial charge >= 0.3 is 6.09 Å². The number of amides is 2. The number of hydrogen-bond acceptors (Lipinski definition) is 7. The van der Waals surface area contributed by atoms with Crippen LogP contribution < -0.4 is 10.6 Å². The van der Waals surface area contributed by atoms with Crippen molar-refractivity contribution in [1.82, 2.24) is 14.9 Å². The van der Waals surface area contributed by atoms with Crippen LogP contribution in [0.15, 0.2) is 34.9 Å². The maximum atomic E-state index is 12.6. The van der Waals surface area contributed by atoms with E-state index in [-0.39, 0.29) is 29.8 Å². The van der Waals surface area contributed by atoms with Crippen LogP contribution in [0.4, 0.5) is 16.4 Å². The Kier molecular flexibility index (Phi) is 7.55. The summed E-state index contributed by atoms with van der Waals surface area (Å²) < 4.78 is 12.4. The number of rotatable bonds is 7. The molecule has 0 atom stereocenters. The topological polar surface area (TPSA) is 135 Å². The van der Waals surface area contributed by atoms with Crippen molar-refractivity contribution in [2.45, 2.75) is 85.3 Å². The Labute approximate surface area is 228 Å². The molecule has 2 aromatic heterocycles. The number of nitriles is 1. The first-order valence-electron chi connectivity index (χ1n) is 13.1. The summed E-state index contributed by atoms with van der Waals surface area (Å²) in [6.07, 6.45) is 1.58. The summed E-state index contributed by atoms with van der Waals surface area (Å²) in [4.78, 5) is 25.1. The van der Waals surface area contributed by atoms with Gasteiger partial charge in [-0.25, -0.2) is 9.48 Å². The molecule has 0 spiro atoms. The Morgan fingerprint density at radius 3 is 2.44 bits per heavy atom. The Balaban J connectivity index is 1.45. The van der Waals surface area contributed by atoms with Gasteiger partial charge in [-0.15, -0.1) is 0 Å². The fraction of sp³-hybridized carbons (Fsp3) is 0.483. The van der Waals surface area contributed by atoms with Crippen molar-refractivity contribution in [1.29, 1.82) is 5.26 Å². The van der Waals surface area contributed by atoms with Crippen molar-refractivity contribution in [3.63, 3.8) is 0 Å². The molecule has 1 fully saturated rings. The smallest absolute Gasteiger partial charge is 0.413 e. The first-order valence-corrected chi connectivity index (χ1v) is 13.1. The SMILES string of the molecule is CC(C)n1nc(-c2ccc(CC(=O)Nc3cc(C4CC(C)(C)C4)on3)cc2)c(C#N)c1NC(=O)OC(C)(C)C. The number of hydrogen-bond donors (Lipinski definition) is 2. The normalized spacial score (nSPS) is 14.9. The molecule has 0 unspecified atom stereocenters. The van der Waals surface area contributed by atoms with E-state index < -0.39 is 11.7 Å². The molecule has 0 aliphatic heterocycles. The third kappa shape index (κ3) is 6.66. The van der Waals surface area contributed by atoms with Crippen molar-refractivity contribution in [3.05, 3.63) is 47.2 Å². The Morgan fingerprint density at radius 1 is 1.21 bits per heavy atom. The van der Waals surface area contributed by atoms with Gasteiger partial charge in [0, 0.05) is 23.6 Å². The second-order valence-corrected chi connectivity index (χ2v) is 12.2. The van der Waals surface area contributed by atoms with Crippen LogP contribution in [-0.2, 0) is 16.0 Å². The van der Waals surface area contributed by atoms with Crippen molar-refractivity contribution in [3.8, 4) is 17.3 Å². The van der Waals surface area contributed by atoms with Crippen LogP contribution in [0, 0.1) is 16.7 Å². The molecule has 1 aromatic carbocycles. The van der Waals surface area contributed by atoms with E-state index in [0.717, 1.165) is 24.2 Å². The largest absolute Gasteiger partial charge is 0.444 e. The summed E-state index contributed by atoms with van der Waals surface area (Å²) in [5, 5.41) is 24.0. The standard InChI is InChI=1S/C29H36N6O4/c1-17(2)35-26(32-27(37)38-28(3,4)5)21(16-30)25(33-35)19-10-8-18(9-11-19)12-24(36)31-23-13-22(39-34-23)20-14-29(6,7)15-20/h8-11,13,17,20H,12,14-15H2,1-7H3,(H,32,37)(H,31,34,36). The summed E-state index contributed by atoms with van der Waals surface area (Å²) in [5.41, 5.74) is 1.78. The molecule has 39 heavy (non-hydrogen) atoms. The number of carbonyl (C=O) groups is 2. The van der Waals surface area contributed by atoms with E-state index in [1.54, 1.807) is 43.7 Å². The van der Waals surface area contributed by atoms with Crippen LogP contribution >= 0.6 is 0 Å². The van der Waals surface area contributed by atoms with Crippen LogP contribution in [0.1, 0.15) is 90.2 Å². The summed E-state index contributed by atoms with van der Waals surface area (Å²) in [5.74, 6) is 1.64. The highest BCUT2D eigenvalue weighted by Gasteiger charge is 2.39. The van der Waals surface area contributed by atoms with Crippen molar-refractivity contribution in [2.75, 3.05) is 10.6 Å². The van der Waals surface area contributed by atoms with Gasteiger partial charge in [0.25, 0.3) is 0 Å². The van der Waals surface area contributed by atoms with Crippen LogP contribution in [0.3, 0.4) is 0 Å². The van der Waals surface area contributed by atoms with Gasteiger partial charge in [-0.2, -0.15) is 10.4 Å². The molecule has 2 amide bonds. The zero-order valence-electron chi connectivity index (χ0n) is 23.6.